The van der Waals surface area contributed by atoms with Crippen LogP contribution < -0.4 is 5.32 Å². The van der Waals surface area contributed by atoms with Crippen molar-refractivity contribution in [2.24, 2.45) is 4.99 Å². The smallest absolute Gasteiger partial charge is 0.250 e. The maximum atomic E-state index is 11.9. The van der Waals surface area contributed by atoms with Gasteiger partial charge in [0, 0.05) is 5.57 Å². The van der Waals surface area contributed by atoms with Crippen LogP contribution in [0.1, 0.15) is 24.1 Å². The number of hydrogen-bond acceptors (Lipinski definition) is 3. The molecule has 0 unspecified atom stereocenters. The van der Waals surface area contributed by atoms with Gasteiger partial charge in [0.05, 0.1) is 11.3 Å². The van der Waals surface area contributed by atoms with E-state index in [1.807, 2.05) is 54.6 Å². The molecular formula is C19H18N2O2. The minimum atomic E-state index is -0.212. The number of aliphatic imine (C=N–C) groups is 1. The Balaban J connectivity index is 1.88. The predicted molar refractivity (Wildman–Crippen MR) is 91.6 cm³/mol. The number of ether oxygens (including phenoxy) is 1. The van der Waals surface area contributed by atoms with E-state index in [0.717, 1.165) is 11.1 Å². The van der Waals surface area contributed by atoms with Crippen molar-refractivity contribution in [1.29, 1.82) is 0 Å². The van der Waals surface area contributed by atoms with E-state index in [1.54, 1.807) is 6.92 Å². The standard InChI is InChI=1S/C19H18N2O2/c1-13(2)18(22)20-16-11-7-6-10-15(16)19-21-17(12-23-19)14-8-4-3-5-9-14/h3-11,17H,1,12H2,2H3,(H,20,22)/t17-/m0/s1. The number of nitrogens with one attached hydrogen (secondary N) is 1. The monoisotopic (exact) mass is 306 g/mol. The van der Waals surface area contributed by atoms with Gasteiger partial charge < -0.3 is 10.1 Å². The van der Waals surface area contributed by atoms with Crippen LogP contribution in [0.15, 0.2) is 71.7 Å². The van der Waals surface area contributed by atoms with Crippen LogP contribution in [-0.4, -0.2) is 18.4 Å². The van der Waals surface area contributed by atoms with Crippen LogP contribution in [0.3, 0.4) is 0 Å². The molecule has 1 N–H and O–H groups in total. The summed E-state index contributed by atoms with van der Waals surface area (Å²) in [6.45, 7) is 5.83. The van der Waals surface area contributed by atoms with Gasteiger partial charge in [0.1, 0.15) is 12.6 Å². The molecule has 1 heterocycles. The summed E-state index contributed by atoms with van der Waals surface area (Å²) in [5, 5.41) is 2.84. The fourth-order valence-corrected chi connectivity index (χ4v) is 2.37. The molecule has 1 atom stereocenters. The lowest BCUT2D eigenvalue weighted by atomic mass is 10.1. The van der Waals surface area contributed by atoms with Crippen molar-refractivity contribution >= 4 is 17.5 Å². The molecule has 0 fully saturated rings. The van der Waals surface area contributed by atoms with E-state index in [2.05, 4.69) is 16.9 Å². The van der Waals surface area contributed by atoms with Crippen LogP contribution >= 0.6 is 0 Å². The summed E-state index contributed by atoms with van der Waals surface area (Å²) in [5.74, 6) is 0.340. The molecule has 1 amide bonds. The molecule has 4 heteroatoms. The lowest BCUT2D eigenvalue weighted by Gasteiger charge is -2.10. The minimum absolute atomic E-state index is 0.0175. The van der Waals surface area contributed by atoms with Gasteiger partial charge in [0.25, 0.3) is 5.91 Å². The largest absolute Gasteiger partial charge is 0.475 e. The molecule has 2 aromatic carbocycles. The van der Waals surface area contributed by atoms with Crippen molar-refractivity contribution in [2.75, 3.05) is 11.9 Å². The van der Waals surface area contributed by atoms with Gasteiger partial charge >= 0.3 is 0 Å². The normalized spacial score (nSPS) is 16.4. The number of rotatable bonds is 4. The summed E-state index contributed by atoms with van der Waals surface area (Å²) in [4.78, 5) is 16.5. The molecule has 0 aromatic heterocycles. The molecule has 0 spiro atoms. The van der Waals surface area contributed by atoms with Gasteiger partial charge in [-0.25, -0.2) is 4.99 Å². The average Bonchev–Trinajstić information content (AvgIpc) is 3.06. The number of nitrogens with zero attached hydrogens (tertiary/aromatic N) is 1. The highest BCUT2D eigenvalue weighted by atomic mass is 16.5. The Morgan fingerprint density at radius 2 is 1.87 bits per heavy atom. The van der Waals surface area contributed by atoms with Gasteiger partial charge in [-0.2, -0.15) is 0 Å². The molecule has 3 rings (SSSR count). The summed E-state index contributed by atoms with van der Waals surface area (Å²) in [5.41, 5.74) is 3.02. The molecule has 4 nitrogen and oxygen atoms in total. The summed E-state index contributed by atoms with van der Waals surface area (Å²) in [7, 11) is 0. The van der Waals surface area contributed by atoms with Crippen molar-refractivity contribution in [3.05, 3.63) is 77.9 Å². The van der Waals surface area contributed by atoms with Gasteiger partial charge in [-0.15, -0.1) is 0 Å². The number of carbonyl (C=O) groups is 1. The first-order valence-electron chi connectivity index (χ1n) is 7.47. The molecule has 1 aliphatic heterocycles. The highest BCUT2D eigenvalue weighted by molar-refractivity contribution is 6.08. The third-order valence-corrected chi connectivity index (χ3v) is 3.63. The average molecular weight is 306 g/mol. The maximum absolute atomic E-state index is 11.9. The molecule has 0 saturated carbocycles. The topological polar surface area (TPSA) is 50.7 Å². The van der Waals surface area contributed by atoms with Crippen molar-refractivity contribution in [3.8, 4) is 0 Å². The molecule has 1 aliphatic rings. The lowest BCUT2D eigenvalue weighted by molar-refractivity contribution is -0.112. The van der Waals surface area contributed by atoms with E-state index in [1.165, 1.54) is 0 Å². The Labute approximate surface area is 135 Å². The third-order valence-electron chi connectivity index (χ3n) is 3.63. The fourth-order valence-electron chi connectivity index (χ4n) is 2.37. The van der Waals surface area contributed by atoms with E-state index < -0.39 is 0 Å². The van der Waals surface area contributed by atoms with Crippen LogP contribution in [0.2, 0.25) is 0 Å². The lowest BCUT2D eigenvalue weighted by Crippen LogP contribution is -2.15. The highest BCUT2D eigenvalue weighted by Crippen LogP contribution is 2.27. The van der Waals surface area contributed by atoms with E-state index in [-0.39, 0.29) is 11.9 Å². The molecule has 0 radical (unpaired) electrons. The second-order valence-electron chi connectivity index (χ2n) is 5.45. The van der Waals surface area contributed by atoms with E-state index >= 15 is 0 Å². The van der Waals surface area contributed by atoms with Crippen molar-refractivity contribution in [2.45, 2.75) is 13.0 Å². The third kappa shape index (κ3) is 3.31. The van der Waals surface area contributed by atoms with Gasteiger partial charge in [0.2, 0.25) is 5.90 Å². The maximum Gasteiger partial charge on any atom is 0.250 e. The quantitative estimate of drug-likeness (QED) is 0.875. The van der Waals surface area contributed by atoms with Gasteiger partial charge in [0.15, 0.2) is 0 Å². The molecule has 23 heavy (non-hydrogen) atoms. The first kappa shape index (κ1) is 15.0. The molecule has 0 aliphatic carbocycles. The van der Waals surface area contributed by atoms with Crippen LogP contribution in [0, 0.1) is 0 Å². The van der Waals surface area contributed by atoms with Crippen molar-refractivity contribution in [1.82, 2.24) is 0 Å². The Hall–Kier alpha value is -2.88. The number of anilines is 1. The zero-order chi connectivity index (χ0) is 16.2. The molecular weight excluding hydrogens is 288 g/mol. The van der Waals surface area contributed by atoms with Crippen molar-refractivity contribution in [3.63, 3.8) is 0 Å². The number of para-hydroxylation sites is 1. The Morgan fingerprint density at radius 3 is 2.61 bits per heavy atom. The van der Waals surface area contributed by atoms with E-state index in [0.29, 0.717) is 23.8 Å². The second kappa shape index (κ2) is 6.48. The van der Waals surface area contributed by atoms with Crippen LogP contribution in [-0.2, 0) is 9.53 Å². The number of benzene rings is 2. The first-order chi connectivity index (χ1) is 11.1. The summed E-state index contributed by atoms with van der Waals surface area (Å²) >= 11 is 0. The Bertz CT molecular complexity index is 766. The molecule has 0 bridgehead atoms. The molecule has 0 saturated heterocycles. The SMILES string of the molecule is C=C(C)C(=O)Nc1ccccc1C1=N[C@H](c2ccccc2)CO1. The second-order valence-corrected chi connectivity index (χ2v) is 5.45. The van der Waals surface area contributed by atoms with Crippen LogP contribution in [0.5, 0.6) is 0 Å². The minimum Gasteiger partial charge on any atom is -0.475 e. The number of carbonyl (C=O) groups excluding carboxylic acids is 1. The highest BCUT2D eigenvalue weighted by Gasteiger charge is 2.23. The summed E-state index contributed by atoms with van der Waals surface area (Å²) < 4.78 is 5.77. The Kier molecular flexibility index (Phi) is 4.24. The summed E-state index contributed by atoms with van der Waals surface area (Å²) in [6, 6.07) is 17.5. The molecule has 2 aromatic rings. The van der Waals surface area contributed by atoms with Crippen LogP contribution in [0.4, 0.5) is 5.69 Å². The molecule has 116 valence electrons. The van der Waals surface area contributed by atoms with E-state index in [9.17, 15) is 4.79 Å². The van der Waals surface area contributed by atoms with Gasteiger partial charge in [-0.3, -0.25) is 4.79 Å². The van der Waals surface area contributed by atoms with Gasteiger partial charge in [-0.05, 0) is 24.6 Å². The van der Waals surface area contributed by atoms with Gasteiger partial charge in [-0.1, -0.05) is 49.0 Å². The number of amides is 1. The van der Waals surface area contributed by atoms with E-state index in [4.69, 9.17) is 4.74 Å². The van der Waals surface area contributed by atoms with Crippen LogP contribution in [0.25, 0.3) is 0 Å². The Morgan fingerprint density at radius 1 is 1.17 bits per heavy atom. The zero-order valence-corrected chi connectivity index (χ0v) is 13.0. The van der Waals surface area contributed by atoms with Crippen molar-refractivity contribution < 1.29 is 9.53 Å². The fraction of sp³-hybridized carbons (Fsp3) is 0.158. The number of hydrogen-bond donors (Lipinski definition) is 1. The first-order valence-corrected chi connectivity index (χ1v) is 7.47. The zero-order valence-electron chi connectivity index (χ0n) is 13.0. The predicted octanol–water partition coefficient (Wildman–Crippen LogP) is 3.72. The summed E-state index contributed by atoms with van der Waals surface area (Å²) in [6.07, 6.45) is 0.